The van der Waals surface area contributed by atoms with Crippen molar-refractivity contribution in [3.05, 3.63) is 18.2 Å². The van der Waals surface area contributed by atoms with Crippen LogP contribution in [0.15, 0.2) is 17.5 Å². The molecule has 18 heavy (non-hydrogen) atoms. The van der Waals surface area contributed by atoms with Crippen LogP contribution in [0.25, 0.3) is 0 Å². The van der Waals surface area contributed by atoms with Crippen LogP contribution >= 0.6 is 0 Å². The number of aliphatic hydroxyl groups excluding tert-OH is 1. The van der Waals surface area contributed by atoms with Gasteiger partial charge in [-0.25, -0.2) is 4.98 Å². The van der Waals surface area contributed by atoms with Crippen LogP contribution < -0.4 is 5.32 Å². The van der Waals surface area contributed by atoms with Crippen molar-refractivity contribution in [1.82, 2.24) is 15.3 Å². The Kier molecular flexibility index (Phi) is 6.07. The first-order valence-corrected chi connectivity index (χ1v) is 6.04. The maximum Gasteiger partial charge on any atom is 0.220 e. The molecule has 0 aliphatic carbocycles. The third-order valence-corrected chi connectivity index (χ3v) is 2.53. The van der Waals surface area contributed by atoms with Gasteiger partial charge in [-0.05, 0) is 6.42 Å². The van der Waals surface area contributed by atoms with Gasteiger partial charge in [0.05, 0.1) is 12.4 Å². The van der Waals surface area contributed by atoms with Gasteiger partial charge in [-0.3, -0.25) is 9.79 Å². The molecular formula is C12H20N4O2. The van der Waals surface area contributed by atoms with E-state index in [1.165, 1.54) is 6.21 Å². The van der Waals surface area contributed by atoms with Crippen LogP contribution in [-0.2, 0) is 11.2 Å². The zero-order chi connectivity index (χ0) is 13.4. The van der Waals surface area contributed by atoms with Crippen molar-refractivity contribution in [1.29, 1.82) is 0 Å². The van der Waals surface area contributed by atoms with Crippen molar-refractivity contribution in [2.45, 2.75) is 38.3 Å². The monoisotopic (exact) mass is 252 g/mol. The first kappa shape index (κ1) is 14.4. The first-order valence-electron chi connectivity index (χ1n) is 6.04. The molecule has 1 amide bonds. The highest BCUT2D eigenvalue weighted by Crippen LogP contribution is 2.03. The molecule has 0 spiro atoms. The summed E-state index contributed by atoms with van der Waals surface area (Å²) in [5, 5.41) is 12.7. The van der Waals surface area contributed by atoms with Gasteiger partial charge in [-0.15, -0.1) is 0 Å². The Bertz CT molecular complexity index is 375. The largest absolute Gasteiger partial charge is 0.385 e. The summed E-state index contributed by atoms with van der Waals surface area (Å²) in [6, 6.07) is -0.395. The van der Waals surface area contributed by atoms with E-state index in [4.69, 9.17) is 0 Å². The average Bonchev–Trinajstić information content (AvgIpc) is 2.81. The molecule has 0 radical (unpaired) electrons. The van der Waals surface area contributed by atoms with Crippen LogP contribution in [0.3, 0.4) is 0 Å². The Hall–Kier alpha value is -1.69. The lowest BCUT2D eigenvalue weighted by molar-refractivity contribution is -0.122. The van der Waals surface area contributed by atoms with Crippen LogP contribution in [0, 0.1) is 0 Å². The molecular weight excluding hydrogens is 232 g/mol. The van der Waals surface area contributed by atoms with Crippen molar-refractivity contribution in [2.24, 2.45) is 4.99 Å². The van der Waals surface area contributed by atoms with Crippen molar-refractivity contribution in [3.8, 4) is 0 Å². The maximum atomic E-state index is 11.6. The molecule has 0 saturated heterocycles. The van der Waals surface area contributed by atoms with E-state index >= 15 is 0 Å². The summed E-state index contributed by atoms with van der Waals surface area (Å²) in [4.78, 5) is 22.2. The number of amides is 1. The van der Waals surface area contributed by atoms with E-state index in [-0.39, 0.29) is 5.91 Å². The van der Waals surface area contributed by atoms with Crippen LogP contribution in [-0.4, -0.2) is 46.4 Å². The molecule has 3 N–H and O–H groups in total. The van der Waals surface area contributed by atoms with Crippen LogP contribution in [0.2, 0.25) is 0 Å². The van der Waals surface area contributed by atoms with Crippen molar-refractivity contribution in [3.63, 3.8) is 0 Å². The standard InChI is InChI=1S/C12H20N4O2/c1-3-4-12(18)16-10(11(17)7-13-2)5-9-6-14-8-15-9/h6-8,10-11,17H,3-5H2,1-2H3,(H,14,15)(H,16,18). The number of imidazole rings is 1. The summed E-state index contributed by atoms with van der Waals surface area (Å²) in [7, 11) is 1.59. The third kappa shape index (κ3) is 4.67. The number of carbonyl (C=O) groups is 1. The molecule has 100 valence electrons. The van der Waals surface area contributed by atoms with Gasteiger partial charge in [0.1, 0.15) is 6.10 Å². The Morgan fingerprint density at radius 1 is 1.72 bits per heavy atom. The number of hydrogen-bond donors (Lipinski definition) is 3. The first-order chi connectivity index (χ1) is 8.67. The second-order valence-electron chi connectivity index (χ2n) is 4.10. The smallest absolute Gasteiger partial charge is 0.220 e. The molecule has 0 aromatic carbocycles. The number of nitrogens with one attached hydrogen (secondary N) is 2. The Balaban J connectivity index is 2.65. The number of carbonyl (C=O) groups excluding carboxylic acids is 1. The number of aromatic nitrogens is 2. The fourth-order valence-corrected chi connectivity index (χ4v) is 1.65. The number of rotatable bonds is 7. The van der Waals surface area contributed by atoms with Gasteiger partial charge < -0.3 is 15.4 Å². The van der Waals surface area contributed by atoms with Crippen molar-refractivity contribution < 1.29 is 9.90 Å². The van der Waals surface area contributed by atoms with E-state index in [0.29, 0.717) is 12.8 Å². The Morgan fingerprint density at radius 2 is 2.50 bits per heavy atom. The lowest BCUT2D eigenvalue weighted by Crippen LogP contribution is -2.45. The van der Waals surface area contributed by atoms with Gasteiger partial charge in [0.2, 0.25) is 5.91 Å². The molecule has 0 saturated carbocycles. The van der Waals surface area contributed by atoms with Crippen molar-refractivity contribution >= 4 is 12.1 Å². The molecule has 0 aliphatic heterocycles. The average molecular weight is 252 g/mol. The molecule has 0 aliphatic rings. The number of aromatic amines is 1. The second-order valence-corrected chi connectivity index (χ2v) is 4.10. The third-order valence-electron chi connectivity index (χ3n) is 2.53. The van der Waals surface area contributed by atoms with Gasteiger partial charge in [0.15, 0.2) is 0 Å². The van der Waals surface area contributed by atoms with Crippen molar-refractivity contribution in [2.75, 3.05) is 7.05 Å². The van der Waals surface area contributed by atoms with E-state index in [0.717, 1.165) is 12.1 Å². The molecule has 2 atom stereocenters. The molecule has 0 fully saturated rings. The number of aliphatic imine (C=N–C) groups is 1. The van der Waals surface area contributed by atoms with Gasteiger partial charge in [0.25, 0.3) is 0 Å². The number of aliphatic hydroxyl groups is 1. The van der Waals surface area contributed by atoms with Gasteiger partial charge >= 0.3 is 0 Å². The number of H-pyrrole nitrogens is 1. The lowest BCUT2D eigenvalue weighted by Gasteiger charge is -2.21. The van der Waals surface area contributed by atoms with E-state index in [1.54, 1.807) is 19.6 Å². The summed E-state index contributed by atoms with van der Waals surface area (Å²) in [6.07, 6.45) is 5.58. The van der Waals surface area contributed by atoms with E-state index in [2.05, 4.69) is 20.3 Å². The summed E-state index contributed by atoms with van der Waals surface area (Å²) in [5.41, 5.74) is 0.861. The minimum Gasteiger partial charge on any atom is -0.385 e. The zero-order valence-electron chi connectivity index (χ0n) is 10.8. The molecule has 1 aromatic rings. The summed E-state index contributed by atoms with van der Waals surface area (Å²) < 4.78 is 0. The maximum absolute atomic E-state index is 11.6. The van der Waals surface area contributed by atoms with Crippen LogP contribution in [0.4, 0.5) is 0 Å². The predicted molar refractivity (Wildman–Crippen MR) is 69.6 cm³/mol. The summed E-state index contributed by atoms with van der Waals surface area (Å²) in [6.45, 7) is 1.94. The highest BCUT2D eigenvalue weighted by molar-refractivity contribution is 5.77. The fourth-order valence-electron chi connectivity index (χ4n) is 1.65. The Labute approximate surface area is 107 Å². The molecule has 2 unspecified atom stereocenters. The second kappa shape index (κ2) is 7.60. The fraction of sp³-hybridized carbons (Fsp3) is 0.583. The summed E-state index contributed by atoms with van der Waals surface area (Å²) in [5.74, 6) is -0.0643. The normalized spacial score (nSPS) is 14.6. The molecule has 1 rings (SSSR count). The lowest BCUT2D eigenvalue weighted by atomic mass is 10.1. The molecule has 1 heterocycles. The zero-order valence-corrected chi connectivity index (χ0v) is 10.8. The van der Waals surface area contributed by atoms with E-state index in [9.17, 15) is 9.90 Å². The number of nitrogens with zero attached hydrogens (tertiary/aromatic N) is 2. The predicted octanol–water partition coefficient (Wildman–Crippen LogP) is 0.299. The van der Waals surface area contributed by atoms with Crippen LogP contribution in [0.5, 0.6) is 0 Å². The molecule has 1 aromatic heterocycles. The highest BCUT2D eigenvalue weighted by atomic mass is 16.3. The number of hydrogen-bond acceptors (Lipinski definition) is 4. The van der Waals surface area contributed by atoms with E-state index in [1.807, 2.05) is 6.92 Å². The quantitative estimate of drug-likeness (QED) is 0.609. The van der Waals surface area contributed by atoms with Crippen LogP contribution in [0.1, 0.15) is 25.5 Å². The minimum atomic E-state index is -0.806. The molecule has 6 nitrogen and oxygen atoms in total. The SMILES string of the molecule is CCCC(=O)NC(Cc1cnc[nH]1)C(O)C=NC. The van der Waals surface area contributed by atoms with Gasteiger partial charge in [-0.1, -0.05) is 6.92 Å². The highest BCUT2D eigenvalue weighted by Gasteiger charge is 2.20. The topological polar surface area (TPSA) is 90.4 Å². The van der Waals surface area contributed by atoms with Gasteiger partial charge in [-0.2, -0.15) is 0 Å². The van der Waals surface area contributed by atoms with Gasteiger partial charge in [0, 0.05) is 38.0 Å². The Morgan fingerprint density at radius 3 is 3.06 bits per heavy atom. The molecule has 6 heteroatoms. The summed E-state index contributed by atoms with van der Waals surface area (Å²) >= 11 is 0. The minimum absolute atomic E-state index is 0.0643. The van der Waals surface area contributed by atoms with E-state index < -0.39 is 12.1 Å². The molecule has 0 bridgehead atoms.